The van der Waals surface area contributed by atoms with Gasteiger partial charge in [-0.05, 0) is 49.8 Å². The van der Waals surface area contributed by atoms with E-state index in [0.717, 1.165) is 25.9 Å². The van der Waals surface area contributed by atoms with Crippen LogP contribution in [0.4, 0.5) is 0 Å². The van der Waals surface area contributed by atoms with Crippen molar-refractivity contribution in [3.8, 4) is 0 Å². The fourth-order valence-electron chi connectivity index (χ4n) is 2.36. The molecule has 1 saturated heterocycles. The Kier molecular flexibility index (Phi) is 5.95. The smallest absolute Gasteiger partial charge is 0.269 e. The third-order valence-corrected chi connectivity index (χ3v) is 3.50. The highest BCUT2D eigenvalue weighted by Gasteiger charge is 2.14. The van der Waals surface area contributed by atoms with Gasteiger partial charge in [0, 0.05) is 19.3 Å². The summed E-state index contributed by atoms with van der Waals surface area (Å²) in [6.07, 6.45) is 7.40. The maximum Gasteiger partial charge on any atom is 0.269 e. The predicted molar refractivity (Wildman–Crippen MR) is 75.3 cm³/mol. The number of hydrogen-bond acceptors (Lipinski definition) is 4. The SMILES string of the molecule is O=C(NCCCC[C@H]1CCCO1)c1cc(CO)ccn1. The number of amides is 1. The number of carbonyl (C=O) groups excluding carboxylic acids is 1. The Morgan fingerprint density at radius 3 is 3.15 bits per heavy atom. The van der Waals surface area contributed by atoms with Crippen LogP contribution in [0.3, 0.4) is 0 Å². The third kappa shape index (κ3) is 4.58. The van der Waals surface area contributed by atoms with Crippen molar-refractivity contribution in [1.82, 2.24) is 10.3 Å². The van der Waals surface area contributed by atoms with Gasteiger partial charge in [-0.25, -0.2) is 0 Å². The maximum atomic E-state index is 11.9. The molecule has 20 heavy (non-hydrogen) atoms. The summed E-state index contributed by atoms with van der Waals surface area (Å²) in [5.41, 5.74) is 1.05. The van der Waals surface area contributed by atoms with Gasteiger partial charge in [-0.2, -0.15) is 0 Å². The topological polar surface area (TPSA) is 71.5 Å². The molecule has 2 rings (SSSR count). The van der Waals surface area contributed by atoms with Crippen LogP contribution in [-0.4, -0.2) is 35.3 Å². The summed E-state index contributed by atoms with van der Waals surface area (Å²) in [5.74, 6) is -0.183. The Bertz CT molecular complexity index is 431. The monoisotopic (exact) mass is 278 g/mol. The van der Waals surface area contributed by atoms with Crippen LogP contribution in [0.25, 0.3) is 0 Å². The van der Waals surface area contributed by atoms with Crippen LogP contribution >= 0.6 is 0 Å². The van der Waals surface area contributed by atoms with Gasteiger partial charge in [0.1, 0.15) is 5.69 Å². The first kappa shape index (κ1) is 14.9. The molecule has 5 nitrogen and oxygen atoms in total. The minimum Gasteiger partial charge on any atom is -0.392 e. The van der Waals surface area contributed by atoms with E-state index in [0.29, 0.717) is 23.9 Å². The second-order valence-corrected chi connectivity index (χ2v) is 5.09. The lowest BCUT2D eigenvalue weighted by Crippen LogP contribution is -2.25. The molecule has 0 unspecified atom stereocenters. The van der Waals surface area contributed by atoms with Crippen molar-refractivity contribution in [3.63, 3.8) is 0 Å². The summed E-state index contributed by atoms with van der Waals surface area (Å²) in [4.78, 5) is 15.9. The maximum absolute atomic E-state index is 11.9. The van der Waals surface area contributed by atoms with E-state index in [9.17, 15) is 4.79 Å². The number of nitrogens with one attached hydrogen (secondary N) is 1. The van der Waals surface area contributed by atoms with Gasteiger partial charge in [-0.3, -0.25) is 9.78 Å². The van der Waals surface area contributed by atoms with E-state index < -0.39 is 0 Å². The Labute approximate surface area is 119 Å². The van der Waals surface area contributed by atoms with Gasteiger partial charge >= 0.3 is 0 Å². The van der Waals surface area contributed by atoms with E-state index in [1.165, 1.54) is 19.0 Å². The number of hydrogen-bond donors (Lipinski definition) is 2. The minimum atomic E-state index is -0.183. The van der Waals surface area contributed by atoms with Crippen molar-refractivity contribution in [2.45, 2.75) is 44.8 Å². The Hall–Kier alpha value is -1.46. The number of aliphatic hydroxyl groups is 1. The normalized spacial score (nSPS) is 18.1. The second-order valence-electron chi connectivity index (χ2n) is 5.09. The molecule has 1 fully saturated rings. The zero-order valence-corrected chi connectivity index (χ0v) is 11.7. The minimum absolute atomic E-state index is 0.0792. The average Bonchev–Trinajstić information content (AvgIpc) is 3.00. The van der Waals surface area contributed by atoms with Crippen LogP contribution in [0.1, 0.15) is 48.2 Å². The van der Waals surface area contributed by atoms with Crippen LogP contribution in [0.5, 0.6) is 0 Å². The van der Waals surface area contributed by atoms with Crippen LogP contribution in [0, 0.1) is 0 Å². The molecule has 110 valence electrons. The second kappa shape index (κ2) is 7.97. The molecule has 0 saturated carbocycles. The molecule has 1 aliphatic heterocycles. The zero-order valence-electron chi connectivity index (χ0n) is 11.7. The number of aromatic nitrogens is 1. The lowest BCUT2D eigenvalue weighted by molar-refractivity contribution is 0.0942. The molecule has 0 spiro atoms. The Morgan fingerprint density at radius 2 is 2.40 bits per heavy atom. The number of rotatable bonds is 7. The predicted octanol–water partition coefficient (Wildman–Crippen LogP) is 1.65. The largest absolute Gasteiger partial charge is 0.392 e. The highest BCUT2D eigenvalue weighted by molar-refractivity contribution is 5.92. The molecule has 2 heterocycles. The lowest BCUT2D eigenvalue weighted by atomic mass is 10.1. The van der Waals surface area contributed by atoms with Gasteiger partial charge in [0.05, 0.1) is 12.7 Å². The molecule has 1 aromatic heterocycles. The van der Waals surface area contributed by atoms with E-state index >= 15 is 0 Å². The zero-order chi connectivity index (χ0) is 14.2. The average molecular weight is 278 g/mol. The summed E-state index contributed by atoms with van der Waals surface area (Å²) in [5, 5.41) is 11.9. The Balaban J connectivity index is 1.64. The van der Waals surface area contributed by atoms with E-state index in [1.807, 2.05) is 0 Å². The molecule has 2 N–H and O–H groups in total. The number of ether oxygens (including phenoxy) is 1. The molecule has 5 heteroatoms. The van der Waals surface area contributed by atoms with Crippen LogP contribution in [0.15, 0.2) is 18.3 Å². The van der Waals surface area contributed by atoms with E-state index in [4.69, 9.17) is 9.84 Å². The molecule has 0 bridgehead atoms. The standard InChI is InChI=1S/C15H22N2O3/c18-11-12-6-8-16-14(10-12)15(19)17-7-2-1-4-13-5-3-9-20-13/h6,8,10,13,18H,1-5,7,9,11H2,(H,17,19)/t13-/m0/s1. The number of unbranched alkanes of at least 4 members (excludes halogenated alkanes) is 1. The van der Waals surface area contributed by atoms with Crippen LogP contribution in [-0.2, 0) is 11.3 Å². The summed E-state index contributed by atoms with van der Waals surface area (Å²) >= 11 is 0. The lowest BCUT2D eigenvalue weighted by Gasteiger charge is -2.09. The summed E-state index contributed by atoms with van der Waals surface area (Å²) < 4.78 is 5.55. The number of aliphatic hydroxyl groups excluding tert-OH is 1. The number of carbonyl (C=O) groups is 1. The highest BCUT2D eigenvalue weighted by Crippen LogP contribution is 2.17. The van der Waals surface area contributed by atoms with Crippen molar-refractivity contribution in [2.24, 2.45) is 0 Å². The first-order valence-electron chi connectivity index (χ1n) is 7.25. The summed E-state index contributed by atoms with van der Waals surface area (Å²) in [6.45, 7) is 1.47. The van der Waals surface area contributed by atoms with Crippen molar-refractivity contribution in [3.05, 3.63) is 29.6 Å². The summed E-state index contributed by atoms with van der Waals surface area (Å²) in [7, 11) is 0. The molecule has 0 radical (unpaired) electrons. The van der Waals surface area contributed by atoms with Crippen molar-refractivity contribution in [1.29, 1.82) is 0 Å². The molecular weight excluding hydrogens is 256 g/mol. The Morgan fingerprint density at radius 1 is 1.50 bits per heavy atom. The van der Waals surface area contributed by atoms with Crippen molar-refractivity contribution >= 4 is 5.91 Å². The van der Waals surface area contributed by atoms with Gasteiger partial charge in [0.15, 0.2) is 0 Å². The molecule has 0 aliphatic carbocycles. The first-order valence-corrected chi connectivity index (χ1v) is 7.25. The summed E-state index contributed by atoms with van der Waals surface area (Å²) in [6, 6.07) is 3.31. The van der Waals surface area contributed by atoms with E-state index in [-0.39, 0.29) is 12.5 Å². The van der Waals surface area contributed by atoms with Gasteiger partial charge in [0.2, 0.25) is 0 Å². The molecule has 1 aliphatic rings. The fourth-order valence-corrected chi connectivity index (χ4v) is 2.36. The third-order valence-electron chi connectivity index (χ3n) is 3.50. The van der Waals surface area contributed by atoms with Crippen molar-refractivity contribution < 1.29 is 14.6 Å². The van der Waals surface area contributed by atoms with Crippen molar-refractivity contribution in [2.75, 3.05) is 13.2 Å². The highest BCUT2D eigenvalue weighted by atomic mass is 16.5. The first-order chi connectivity index (χ1) is 9.79. The van der Waals surface area contributed by atoms with Crippen LogP contribution in [0.2, 0.25) is 0 Å². The number of pyridine rings is 1. The van der Waals surface area contributed by atoms with Gasteiger partial charge in [-0.1, -0.05) is 0 Å². The van der Waals surface area contributed by atoms with E-state index in [2.05, 4.69) is 10.3 Å². The van der Waals surface area contributed by atoms with E-state index in [1.54, 1.807) is 12.1 Å². The van der Waals surface area contributed by atoms with Gasteiger partial charge in [-0.15, -0.1) is 0 Å². The van der Waals surface area contributed by atoms with Gasteiger partial charge in [0.25, 0.3) is 5.91 Å². The fraction of sp³-hybridized carbons (Fsp3) is 0.600. The molecule has 1 atom stereocenters. The molecule has 0 aromatic carbocycles. The number of nitrogens with zero attached hydrogens (tertiary/aromatic N) is 1. The van der Waals surface area contributed by atoms with Crippen LogP contribution < -0.4 is 5.32 Å². The molecule has 1 aromatic rings. The molecular formula is C15H22N2O3. The van der Waals surface area contributed by atoms with Gasteiger partial charge < -0.3 is 15.2 Å². The molecule has 1 amide bonds. The quantitative estimate of drug-likeness (QED) is 0.744.